The van der Waals surface area contributed by atoms with Crippen LogP contribution in [0.1, 0.15) is 25.6 Å². The highest BCUT2D eigenvalue weighted by Gasteiger charge is 2.23. The third kappa shape index (κ3) is 3.12. The van der Waals surface area contributed by atoms with Crippen LogP contribution in [0, 0.1) is 17.0 Å². The molecule has 1 amide bonds. The topological polar surface area (TPSA) is 110 Å². The van der Waals surface area contributed by atoms with Crippen LogP contribution in [0.25, 0.3) is 10.1 Å². The molecule has 0 unspecified atom stereocenters. The van der Waals surface area contributed by atoms with Gasteiger partial charge >= 0.3 is 5.97 Å². The van der Waals surface area contributed by atoms with E-state index < -0.39 is 16.8 Å². The van der Waals surface area contributed by atoms with Crippen molar-refractivity contribution in [1.29, 1.82) is 0 Å². The van der Waals surface area contributed by atoms with Gasteiger partial charge in [-0.05, 0) is 24.6 Å². The quantitative estimate of drug-likeness (QED) is 0.494. The Morgan fingerprint density at radius 2 is 2.00 bits per heavy atom. The molecule has 0 radical (unpaired) electrons. The molecule has 3 rings (SSSR count). The fraction of sp³-hybridized carbons (Fsp3) is 0.0588. The van der Waals surface area contributed by atoms with Crippen molar-refractivity contribution in [2.45, 2.75) is 6.92 Å². The number of carbonyl (C=O) groups excluding carboxylic acids is 1. The minimum Gasteiger partial charge on any atom is -0.478 e. The summed E-state index contributed by atoms with van der Waals surface area (Å²) in [5.74, 6) is -1.67. The number of halogens is 1. The summed E-state index contributed by atoms with van der Waals surface area (Å²) in [7, 11) is 0. The average molecular weight is 391 g/mol. The van der Waals surface area contributed by atoms with Gasteiger partial charge in [0.15, 0.2) is 0 Å². The van der Waals surface area contributed by atoms with Crippen LogP contribution < -0.4 is 5.32 Å². The second-order valence-corrected chi connectivity index (χ2v) is 6.84. The zero-order valence-corrected chi connectivity index (χ0v) is 14.9. The lowest BCUT2D eigenvalue weighted by Crippen LogP contribution is -2.12. The van der Waals surface area contributed by atoms with Crippen LogP contribution in [0.2, 0.25) is 5.02 Å². The molecule has 26 heavy (non-hydrogen) atoms. The van der Waals surface area contributed by atoms with E-state index in [1.165, 1.54) is 24.3 Å². The third-order valence-corrected chi connectivity index (χ3v) is 5.50. The summed E-state index contributed by atoms with van der Waals surface area (Å²) in [6, 6.07) is 8.81. The monoisotopic (exact) mass is 390 g/mol. The molecular weight excluding hydrogens is 380 g/mol. The molecule has 1 aromatic heterocycles. The lowest BCUT2D eigenvalue weighted by atomic mass is 10.1. The summed E-state index contributed by atoms with van der Waals surface area (Å²) < 4.78 is 0.309. The number of nitrogens with zero attached hydrogens (tertiary/aromatic N) is 1. The number of amides is 1. The Kier molecular flexibility index (Phi) is 4.62. The first-order chi connectivity index (χ1) is 12.3. The number of thiophene rings is 1. The summed E-state index contributed by atoms with van der Waals surface area (Å²) in [6.45, 7) is 1.72. The number of hydrogen-bond acceptors (Lipinski definition) is 5. The average Bonchev–Trinajstić information content (AvgIpc) is 2.93. The Labute approximate surface area is 156 Å². The molecule has 7 nitrogen and oxygen atoms in total. The Bertz CT molecular complexity index is 1080. The predicted octanol–water partition coefficient (Wildman–Crippen LogP) is 4.72. The van der Waals surface area contributed by atoms with Gasteiger partial charge < -0.3 is 10.4 Å². The maximum Gasteiger partial charge on any atom is 0.335 e. The van der Waals surface area contributed by atoms with Gasteiger partial charge in [0.2, 0.25) is 0 Å². The number of aryl methyl sites for hydroxylation is 1. The second kappa shape index (κ2) is 6.74. The molecule has 0 aliphatic rings. The van der Waals surface area contributed by atoms with Crippen molar-refractivity contribution in [1.82, 2.24) is 0 Å². The highest BCUT2D eigenvalue weighted by atomic mass is 35.5. The van der Waals surface area contributed by atoms with E-state index in [1.54, 1.807) is 19.1 Å². The van der Waals surface area contributed by atoms with E-state index in [4.69, 9.17) is 16.7 Å². The molecule has 2 N–H and O–H groups in total. The molecule has 0 saturated heterocycles. The van der Waals surface area contributed by atoms with E-state index in [2.05, 4.69) is 5.32 Å². The van der Waals surface area contributed by atoms with Crippen molar-refractivity contribution >= 4 is 56.3 Å². The number of anilines is 1. The molecule has 0 spiro atoms. The number of carbonyl (C=O) groups is 2. The summed E-state index contributed by atoms with van der Waals surface area (Å²) >= 11 is 7.17. The smallest absolute Gasteiger partial charge is 0.335 e. The first-order valence-electron chi connectivity index (χ1n) is 7.30. The predicted molar refractivity (Wildman–Crippen MR) is 99.6 cm³/mol. The summed E-state index contributed by atoms with van der Waals surface area (Å²) in [4.78, 5) is 34.5. The molecule has 9 heteroatoms. The Hall–Kier alpha value is -2.97. The van der Waals surface area contributed by atoms with Crippen LogP contribution in [0.3, 0.4) is 0 Å². The number of benzene rings is 2. The zero-order chi connectivity index (χ0) is 19.0. The molecule has 2 aromatic carbocycles. The number of nitro groups is 1. The third-order valence-electron chi connectivity index (χ3n) is 3.77. The minimum absolute atomic E-state index is 0.0315. The summed E-state index contributed by atoms with van der Waals surface area (Å²) in [5.41, 5.74) is 0.908. The Balaban J connectivity index is 2.03. The molecule has 0 fully saturated rings. The Morgan fingerprint density at radius 1 is 1.27 bits per heavy atom. The number of carboxylic acid groups (broad SMARTS) is 1. The van der Waals surface area contributed by atoms with Gasteiger partial charge in [0, 0.05) is 17.1 Å². The molecule has 132 valence electrons. The van der Waals surface area contributed by atoms with Gasteiger partial charge in [-0.1, -0.05) is 29.8 Å². The molecular formula is C17H11ClN2O5S. The molecule has 0 saturated carbocycles. The summed E-state index contributed by atoms with van der Waals surface area (Å²) in [5, 5.41) is 23.4. The Morgan fingerprint density at radius 3 is 2.65 bits per heavy atom. The van der Waals surface area contributed by atoms with Crippen LogP contribution in [0.5, 0.6) is 0 Å². The first-order valence-corrected chi connectivity index (χ1v) is 8.49. The van der Waals surface area contributed by atoms with Gasteiger partial charge in [-0.15, -0.1) is 11.3 Å². The number of carboxylic acids is 1. The van der Waals surface area contributed by atoms with Gasteiger partial charge in [0.25, 0.3) is 11.6 Å². The van der Waals surface area contributed by atoms with Crippen LogP contribution in [0.4, 0.5) is 11.4 Å². The van der Waals surface area contributed by atoms with Gasteiger partial charge in [-0.2, -0.15) is 0 Å². The number of aromatic carboxylic acids is 1. The van der Waals surface area contributed by atoms with E-state index in [1.807, 2.05) is 0 Å². The van der Waals surface area contributed by atoms with E-state index in [9.17, 15) is 19.7 Å². The van der Waals surface area contributed by atoms with Crippen molar-refractivity contribution in [3.05, 3.63) is 67.5 Å². The van der Waals surface area contributed by atoms with Crippen molar-refractivity contribution in [2.24, 2.45) is 0 Å². The highest BCUT2D eigenvalue weighted by Crippen LogP contribution is 2.40. The van der Waals surface area contributed by atoms with E-state index in [0.717, 1.165) is 11.3 Å². The number of nitrogens with one attached hydrogen (secondary N) is 1. The van der Waals surface area contributed by atoms with Crippen molar-refractivity contribution in [3.8, 4) is 0 Å². The molecule has 0 atom stereocenters. The van der Waals surface area contributed by atoms with E-state index >= 15 is 0 Å². The standard InChI is InChI=1S/C17H11ClN2O5S/c1-8-5-6-9(17(22)23)7-11(8)19-16(21)15-13(18)10-3-2-4-12(20(24)25)14(10)26-15/h2-7H,1H3,(H,19,21)(H,22,23). The molecule has 1 heterocycles. The zero-order valence-electron chi connectivity index (χ0n) is 13.3. The van der Waals surface area contributed by atoms with Crippen molar-refractivity contribution in [3.63, 3.8) is 0 Å². The van der Waals surface area contributed by atoms with E-state index in [0.29, 0.717) is 21.3 Å². The molecule has 0 aliphatic heterocycles. The SMILES string of the molecule is Cc1ccc(C(=O)O)cc1NC(=O)c1sc2c([N+](=O)[O-])cccc2c1Cl. The second-order valence-electron chi connectivity index (χ2n) is 5.45. The van der Waals surface area contributed by atoms with Crippen molar-refractivity contribution in [2.75, 3.05) is 5.32 Å². The highest BCUT2D eigenvalue weighted by molar-refractivity contribution is 7.22. The molecule has 3 aromatic rings. The maximum absolute atomic E-state index is 12.6. The lowest BCUT2D eigenvalue weighted by Gasteiger charge is -2.08. The van der Waals surface area contributed by atoms with Gasteiger partial charge in [-0.25, -0.2) is 4.79 Å². The lowest BCUT2D eigenvalue weighted by molar-refractivity contribution is -0.382. The molecule has 0 bridgehead atoms. The number of nitro benzene ring substituents is 1. The van der Waals surface area contributed by atoms with Crippen LogP contribution in [-0.2, 0) is 0 Å². The first kappa shape index (κ1) is 17.8. The maximum atomic E-state index is 12.6. The summed E-state index contributed by atoms with van der Waals surface area (Å²) in [6.07, 6.45) is 0. The minimum atomic E-state index is -1.11. The van der Waals surface area contributed by atoms with Crippen molar-refractivity contribution < 1.29 is 19.6 Å². The van der Waals surface area contributed by atoms with Crippen LogP contribution in [0.15, 0.2) is 36.4 Å². The van der Waals surface area contributed by atoms with Gasteiger partial charge in [0.1, 0.15) is 9.58 Å². The largest absolute Gasteiger partial charge is 0.478 e. The fourth-order valence-electron chi connectivity index (χ4n) is 2.43. The van der Waals surface area contributed by atoms with E-state index in [-0.39, 0.29) is 21.2 Å². The van der Waals surface area contributed by atoms with Gasteiger partial charge in [-0.3, -0.25) is 14.9 Å². The number of fused-ring (bicyclic) bond motifs is 1. The number of non-ortho nitro benzene ring substituents is 1. The normalized spacial score (nSPS) is 10.7. The number of hydrogen-bond donors (Lipinski definition) is 2. The molecule has 0 aliphatic carbocycles. The number of rotatable bonds is 4. The van der Waals surface area contributed by atoms with Gasteiger partial charge in [0.05, 0.1) is 15.5 Å². The fourth-order valence-corrected chi connectivity index (χ4v) is 3.92. The van der Waals surface area contributed by atoms with Crippen LogP contribution in [-0.4, -0.2) is 21.9 Å². The van der Waals surface area contributed by atoms with Crippen LogP contribution >= 0.6 is 22.9 Å².